The molecule has 5 aromatic rings. The predicted molar refractivity (Wildman–Crippen MR) is 124 cm³/mol. The second kappa shape index (κ2) is 7.61. The van der Waals surface area contributed by atoms with Crippen LogP contribution < -0.4 is 5.43 Å². The van der Waals surface area contributed by atoms with Crippen molar-refractivity contribution in [3.63, 3.8) is 0 Å². The summed E-state index contributed by atoms with van der Waals surface area (Å²) in [6, 6.07) is 25.9. The number of hydrogen-bond donors (Lipinski definition) is 1. The van der Waals surface area contributed by atoms with Crippen LogP contribution >= 0.6 is 0 Å². The maximum absolute atomic E-state index is 12.4. The van der Waals surface area contributed by atoms with Crippen LogP contribution in [0.1, 0.15) is 27.5 Å². The third-order valence-electron chi connectivity index (χ3n) is 5.50. The van der Waals surface area contributed by atoms with Gasteiger partial charge in [0.15, 0.2) is 5.76 Å². The second-order valence-corrected chi connectivity index (χ2v) is 7.51. The van der Waals surface area contributed by atoms with Crippen LogP contribution in [0.2, 0.25) is 0 Å². The summed E-state index contributed by atoms with van der Waals surface area (Å²) in [7, 11) is 0. The van der Waals surface area contributed by atoms with Crippen LogP contribution in [0.3, 0.4) is 0 Å². The van der Waals surface area contributed by atoms with Crippen LogP contribution in [0.4, 0.5) is 0 Å². The number of carbonyl (C=O) groups excluding carboxylic acids is 1. The van der Waals surface area contributed by atoms with Crippen molar-refractivity contribution in [1.29, 1.82) is 0 Å². The number of benzene rings is 3. The Bertz CT molecular complexity index is 1420. The lowest BCUT2D eigenvalue weighted by Gasteiger charge is -2.12. The molecule has 2 heterocycles. The highest BCUT2D eigenvalue weighted by atomic mass is 16.3. The first kappa shape index (κ1) is 18.9. The largest absolute Gasteiger partial charge is 0.451 e. The lowest BCUT2D eigenvalue weighted by Crippen LogP contribution is -2.16. The number of furan rings is 1. The van der Waals surface area contributed by atoms with Crippen molar-refractivity contribution in [2.75, 3.05) is 0 Å². The van der Waals surface area contributed by atoms with Gasteiger partial charge >= 0.3 is 5.91 Å². The first-order chi connectivity index (χ1) is 15.1. The second-order valence-electron chi connectivity index (χ2n) is 7.51. The van der Waals surface area contributed by atoms with E-state index in [1.165, 1.54) is 10.8 Å². The minimum absolute atomic E-state index is 0.236. The summed E-state index contributed by atoms with van der Waals surface area (Å²) >= 11 is 0. The number of aromatic nitrogens is 1. The van der Waals surface area contributed by atoms with Crippen LogP contribution in [-0.4, -0.2) is 16.7 Å². The van der Waals surface area contributed by atoms with Gasteiger partial charge in [-0.2, -0.15) is 5.10 Å². The minimum atomic E-state index is -0.379. The van der Waals surface area contributed by atoms with Crippen molar-refractivity contribution in [1.82, 2.24) is 9.99 Å². The van der Waals surface area contributed by atoms with E-state index in [0.29, 0.717) is 5.58 Å². The molecule has 5 heteroatoms. The summed E-state index contributed by atoms with van der Waals surface area (Å²) in [6.45, 7) is 4.12. The van der Waals surface area contributed by atoms with E-state index in [4.69, 9.17) is 4.42 Å². The lowest BCUT2D eigenvalue weighted by atomic mass is 10.1. The molecule has 1 amide bonds. The Balaban J connectivity index is 1.41. The molecule has 0 aliphatic rings. The minimum Gasteiger partial charge on any atom is -0.451 e. The molecule has 0 atom stereocenters. The third kappa shape index (κ3) is 3.40. The molecule has 0 bridgehead atoms. The monoisotopic (exact) mass is 407 g/mol. The van der Waals surface area contributed by atoms with Crippen molar-refractivity contribution in [2.24, 2.45) is 5.10 Å². The molecule has 0 saturated heterocycles. The van der Waals surface area contributed by atoms with Crippen LogP contribution in [0, 0.1) is 13.8 Å². The normalized spacial score (nSPS) is 11.5. The molecule has 0 aliphatic carbocycles. The van der Waals surface area contributed by atoms with E-state index < -0.39 is 0 Å². The highest BCUT2D eigenvalue weighted by Gasteiger charge is 2.13. The van der Waals surface area contributed by atoms with Gasteiger partial charge in [0.1, 0.15) is 5.58 Å². The molecule has 0 saturated carbocycles. The van der Waals surface area contributed by atoms with E-state index in [1.807, 2.05) is 30.3 Å². The van der Waals surface area contributed by atoms with Crippen molar-refractivity contribution in [3.05, 3.63) is 102 Å². The quantitative estimate of drug-likeness (QED) is 0.304. The van der Waals surface area contributed by atoms with Gasteiger partial charge in [0.2, 0.25) is 0 Å². The van der Waals surface area contributed by atoms with Crippen molar-refractivity contribution < 1.29 is 9.21 Å². The summed E-state index contributed by atoms with van der Waals surface area (Å²) in [5.74, 6) is -0.144. The summed E-state index contributed by atoms with van der Waals surface area (Å²) in [4.78, 5) is 12.4. The molecular weight excluding hydrogens is 386 g/mol. The number of rotatable bonds is 4. The Kier molecular flexibility index (Phi) is 4.64. The molecule has 0 aliphatic heterocycles. The zero-order valence-electron chi connectivity index (χ0n) is 17.3. The molecule has 2 aromatic heterocycles. The van der Waals surface area contributed by atoms with E-state index in [2.05, 4.69) is 71.4 Å². The van der Waals surface area contributed by atoms with E-state index in [1.54, 1.807) is 12.3 Å². The number of hydrogen-bond acceptors (Lipinski definition) is 3. The van der Waals surface area contributed by atoms with Crippen LogP contribution in [0.15, 0.2) is 88.4 Å². The average molecular weight is 407 g/mol. The summed E-state index contributed by atoms with van der Waals surface area (Å²) in [5.41, 5.74) is 7.45. The van der Waals surface area contributed by atoms with Crippen molar-refractivity contribution >= 4 is 33.9 Å². The number of nitrogens with one attached hydrogen (secondary N) is 1. The van der Waals surface area contributed by atoms with Crippen LogP contribution in [0.5, 0.6) is 0 Å². The van der Waals surface area contributed by atoms with Gasteiger partial charge in [-0.15, -0.1) is 0 Å². The highest BCUT2D eigenvalue weighted by Crippen LogP contribution is 2.27. The molecule has 3 aromatic carbocycles. The number of aryl methyl sites for hydroxylation is 1. The zero-order chi connectivity index (χ0) is 21.4. The van der Waals surface area contributed by atoms with Crippen molar-refractivity contribution in [3.8, 4) is 5.69 Å². The number of nitrogens with zero attached hydrogens (tertiary/aromatic N) is 2. The van der Waals surface area contributed by atoms with Crippen LogP contribution in [0.25, 0.3) is 27.4 Å². The molecule has 0 unspecified atom stereocenters. The number of carbonyl (C=O) groups is 1. The fourth-order valence-electron chi connectivity index (χ4n) is 4.00. The first-order valence-corrected chi connectivity index (χ1v) is 10.1. The molecule has 31 heavy (non-hydrogen) atoms. The summed E-state index contributed by atoms with van der Waals surface area (Å²) < 4.78 is 7.80. The van der Waals surface area contributed by atoms with Crippen molar-refractivity contribution in [2.45, 2.75) is 13.8 Å². The molecule has 1 N–H and O–H groups in total. The molecule has 0 spiro atoms. The Labute approximate surface area is 179 Å². The topological polar surface area (TPSA) is 59.5 Å². The number of amides is 1. The first-order valence-electron chi connectivity index (χ1n) is 10.1. The van der Waals surface area contributed by atoms with Crippen LogP contribution in [-0.2, 0) is 0 Å². The highest BCUT2D eigenvalue weighted by molar-refractivity contribution is 5.96. The Morgan fingerprint density at radius 1 is 0.935 bits per heavy atom. The van der Waals surface area contributed by atoms with E-state index in [0.717, 1.165) is 28.0 Å². The van der Waals surface area contributed by atoms with Gasteiger partial charge in [-0.25, -0.2) is 5.43 Å². The van der Waals surface area contributed by atoms with E-state index in [-0.39, 0.29) is 11.7 Å². The number of para-hydroxylation sites is 1. The summed E-state index contributed by atoms with van der Waals surface area (Å²) in [5, 5.41) is 7.43. The third-order valence-corrected chi connectivity index (χ3v) is 5.50. The average Bonchev–Trinajstić information content (AvgIpc) is 3.34. The number of fused-ring (bicyclic) bond motifs is 2. The maximum atomic E-state index is 12.4. The zero-order valence-corrected chi connectivity index (χ0v) is 17.3. The van der Waals surface area contributed by atoms with E-state index >= 15 is 0 Å². The number of hydrazone groups is 1. The van der Waals surface area contributed by atoms with Gasteiger partial charge in [0.25, 0.3) is 0 Å². The lowest BCUT2D eigenvalue weighted by molar-refractivity contribution is 0.0929. The van der Waals surface area contributed by atoms with Gasteiger partial charge in [0.05, 0.1) is 11.9 Å². The predicted octanol–water partition coefficient (Wildman–Crippen LogP) is 5.76. The van der Waals surface area contributed by atoms with Gasteiger partial charge in [0, 0.05) is 27.7 Å². The van der Waals surface area contributed by atoms with Gasteiger partial charge in [-0.05, 0) is 43.5 Å². The fraction of sp³-hybridized carbons (Fsp3) is 0.0769. The Morgan fingerprint density at radius 2 is 1.68 bits per heavy atom. The molecule has 0 fully saturated rings. The maximum Gasteiger partial charge on any atom is 0.307 e. The van der Waals surface area contributed by atoms with Gasteiger partial charge in [-0.1, -0.05) is 54.6 Å². The SMILES string of the molecule is Cc1cc(/C=N/NC(=O)c2cc3ccccc3o2)c(C)n1-c1cccc2ccccc12. The Morgan fingerprint density at radius 3 is 2.52 bits per heavy atom. The summed E-state index contributed by atoms with van der Waals surface area (Å²) in [6.07, 6.45) is 1.67. The smallest absolute Gasteiger partial charge is 0.307 e. The molecule has 152 valence electrons. The molecular formula is C26H21N3O2. The fourth-order valence-corrected chi connectivity index (χ4v) is 4.00. The molecule has 5 rings (SSSR count). The standard InChI is InChI=1S/C26H21N3O2/c1-17-14-21(16-27-28-26(30)25-15-20-9-4-6-13-24(20)31-25)18(2)29(17)23-12-7-10-19-8-3-5-11-22(19)23/h3-16H,1-2H3,(H,28,30)/b27-16+. The molecule has 0 radical (unpaired) electrons. The van der Waals surface area contributed by atoms with E-state index in [9.17, 15) is 4.79 Å². The molecule has 5 nitrogen and oxygen atoms in total. The van der Waals surface area contributed by atoms with Gasteiger partial charge in [-0.3, -0.25) is 4.79 Å². The Hall–Kier alpha value is -4.12. The van der Waals surface area contributed by atoms with Gasteiger partial charge < -0.3 is 8.98 Å².